The van der Waals surface area contributed by atoms with Crippen LogP contribution in [0.15, 0.2) is 54.6 Å². The summed E-state index contributed by atoms with van der Waals surface area (Å²) in [5, 5.41) is 2.80. The molecule has 1 heterocycles. The van der Waals surface area contributed by atoms with Crippen LogP contribution in [-0.2, 0) is 27.2 Å². The summed E-state index contributed by atoms with van der Waals surface area (Å²) in [6, 6.07) is 13.7. The number of hydrogen-bond acceptors (Lipinski definition) is 6. The highest BCUT2D eigenvalue weighted by molar-refractivity contribution is 6.12. The van der Waals surface area contributed by atoms with Crippen molar-refractivity contribution in [3.8, 4) is 17.2 Å². The molecule has 0 atom stereocenters. The molecular weight excluding hydrogens is 448 g/mol. The predicted molar refractivity (Wildman–Crippen MR) is 132 cm³/mol. The van der Waals surface area contributed by atoms with Crippen LogP contribution < -0.4 is 19.5 Å². The summed E-state index contributed by atoms with van der Waals surface area (Å²) in [7, 11) is 3.26. The number of imide groups is 1. The van der Waals surface area contributed by atoms with E-state index < -0.39 is 0 Å². The molecule has 186 valence electrons. The van der Waals surface area contributed by atoms with Crippen LogP contribution in [0.2, 0.25) is 0 Å². The molecule has 0 unspecified atom stereocenters. The zero-order chi connectivity index (χ0) is 25.0. The summed E-state index contributed by atoms with van der Waals surface area (Å²) >= 11 is 0. The molecule has 0 saturated heterocycles. The number of nitrogens with zero attached hydrogens (tertiary/aromatic N) is 1. The first-order valence-corrected chi connectivity index (χ1v) is 11.7. The van der Waals surface area contributed by atoms with Gasteiger partial charge in [0.2, 0.25) is 0 Å². The number of methoxy groups -OCH3 is 2. The van der Waals surface area contributed by atoms with E-state index in [1.807, 2.05) is 42.5 Å². The highest BCUT2D eigenvalue weighted by Gasteiger charge is 2.22. The Balaban J connectivity index is 1.33. The molecule has 0 bridgehead atoms. The molecular formula is C27H32N2O6. The lowest BCUT2D eigenvalue weighted by Crippen LogP contribution is -2.32. The molecule has 0 radical (unpaired) electrons. The molecule has 2 aromatic carbocycles. The fourth-order valence-corrected chi connectivity index (χ4v) is 3.80. The van der Waals surface area contributed by atoms with E-state index in [0.717, 1.165) is 36.3 Å². The fourth-order valence-electron chi connectivity index (χ4n) is 3.80. The van der Waals surface area contributed by atoms with Crippen LogP contribution in [0.1, 0.15) is 30.4 Å². The topological polar surface area (TPSA) is 94.2 Å². The lowest BCUT2D eigenvalue weighted by Gasteiger charge is -2.13. The van der Waals surface area contributed by atoms with Gasteiger partial charge in [0, 0.05) is 25.2 Å². The molecule has 8 nitrogen and oxygen atoms in total. The molecule has 1 N–H and O–H groups in total. The molecule has 0 saturated carbocycles. The van der Waals surface area contributed by atoms with Gasteiger partial charge in [-0.3, -0.25) is 19.3 Å². The second-order valence-electron chi connectivity index (χ2n) is 8.20. The van der Waals surface area contributed by atoms with Crippen molar-refractivity contribution in [3.63, 3.8) is 0 Å². The van der Waals surface area contributed by atoms with Gasteiger partial charge in [0.1, 0.15) is 5.75 Å². The number of hydrogen-bond donors (Lipinski definition) is 1. The average Bonchev–Trinajstić information content (AvgIpc) is 3.19. The van der Waals surface area contributed by atoms with Crippen LogP contribution in [-0.4, -0.2) is 56.5 Å². The zero-order valence-corrected chi connectivity index (χ0v) is 20.2. The lowest BCUT2D eigenvalue weighted by molar-refractivity contribution is -0.137. The van der Waals surface area contributed by atoms with Crippen molar-refractivity contribution in [2.45, 2.75) is 32.1 Å². The normalized spacial score (nSPS) is 12.7. The first kappa shape index (κ1) is 25.8. The number of amides is 3. The number of aryl methyl sites for hydroxylation is 2. The van der Waals surface area contributed by atoms with Gasteiger partial charge in [-0.05, 0) is 67.5 Å². The van der Waals surface area contributed by atoms with Gasteiger partial charge in [-0.2, -0.15) is 0 Å². The minimum atomic E-state index is -0.282. The predicted octanol–water partition coefficient (Wildman–Crippen LogP) is 3.08. The molecule has 1 aliphatic rings. The highest BCUT2D eigenvalue weighted by Crippen LogP contribution is 2.28. The van der Waals surface area contributed by atoms with Crippen molar-refractivity contribution in [2.24, 2.45) is 0 Å². The lowest BCUT2D eigenvalue weighted by atomic mass is 10.0. The van der Waals surface area contributed by atoms with Crippen molar-refractivity contribution in [3.05, 3.63) is 65.7 Å². The Kier molecular flexibility index (Phi) is 9.71. The average molecular weight is 481 g/mol. The molecule has 0 fully saturated rings. The van der Waals surface area contributed by atoms with Gasteiger partial charge >= 0.3 is 0 Å². The standard InChI is InChI=1S/C27H32N2O6/c1-33-23-12-11-21(18-24(23)34-2)8-5-7-20-9-6-10-22(17-20)35-19-25(30)28-15-3-4-16-29-26(31)13-14-27(29)32/h6,9-14,17-18H,3-5,7-8,15-16,19H2,1-2H3,(H,28,30). The number of benzene rings is 2. The fraction of sp³-hybridized carbons (Fsp3) is 0.370. The summed E-state index contributed by atoms with van der Waals surface area (Å²) < 4.78 is 16.3. The second-order valence-corrected chi connectivity index (χ2v) is 8.20. The van der Waals surface area contributed by atoms with Gasteiger partial charge in [-0.25, -0.2) is 0 Å². The number of carbonyl (C=O) groups excluding carboxylic acids is 3. The summed E-state index contributed by atoms with van der Waals surface area (Å²) in [5.41, 5.74) is 2.32. The Morgan fingerprint density at radius 1 is 0.857 bits per heavy atom. The molecule has 2 aromatic rings. The maximum atomic E-state index is 12.1. The maximum Gasteiger partial charge on any atom is 0.257 e. The molecule has 3 rings (SSSR count). The molecule has 0 aromatic heterocycles. The van der Waals surface area contributed by atoms with Gasteiger partial charge in [0.25, 0.3) is 17.7 Å². The minimum absolute atomic E-state index is 0.0673. The first-order chi connectivity index (χ1) is 17.0. The van der Waals surface area contributed by atoms with Gasteiger partial charge in [0.15, 0.2) is 18.1 Å². The van der Waals surface area contributed by atoms with E-state index in [1.54, 1.807) is 14.2 Å². The van der Waals surface area contributed by atoms with E-state index in [4.69, 9.17) is 14.2 Å². The molecule has 0 spiro atoms. The summed E-state index contributed by atoms with van der Waals surface area (Å²) in [5.74, 6) is 1.33. The zero-order valence-electron chi connectivity index (χ0n) is 20.2. The SMILES string of the molecule is COc1ccc(CCCc2cccc(OCC(=O)NCCCCN3C(=O)C=CC3=O)c2)cc1OC. The van der Waals surface area contributed by atoms with Crippen molar-refractivity contribution < 1.29 is 28.6 Å². The summed E-state index contributed by atoms with van der Waals surface area (Å²) in [4.78, 5) is 36.3. The minimum Gasteiger partial charge on any atom is -0.493 e. The van der Waals surface area contributed by atoms with Crippen LogP contribution >= 0.6 is 0 Å². The Bertz CT molecular complexity index is 1050. The molecule has 8 heteroatoms. The van der Waals surface area contributed by atoms with E-state index in [1.165, 1.54) is 22.6 Å². The van der Waals surface area contributed by atoms with E-state index in [2.05, 4.69) is 5.32 Å². The van der Waals surface area contributed by atoms with Crippen molar-refractivity contribution >= 4 is 17.7 Å². The third-order valence-electron chi connectivity index (χ3n) is 5.68. The molecule has 0 aliphatic carbocycles. The van der Waals surface area contributed by atoms with Gasteiger partial charge in [0.05, 0.1) is 14.2 Å². The number of ether oxygens (including phenoxy) is 3. The Hall–Kier alpha value is -3.81. The quantitative estimate of drug-likeness (QED) is 0.330. The van der Waals surface area contributed by atoms with Crippen LogP contribution in [0, 0.1) is 0 Å². The molecule has 35 heavy (non-hydrogen) atoms. The van der Waals surface area contributed by atoms with Crippen molar-refractivity contribution in [1.82, 2.24) is 10.2 Å². The van der Waals surface area contributed by atoms with Gasteiger partial charge < -0.3 is 19.5 Å². The number of rotatable bonds is 14. The second kappa shape index (κ2) is 13.2. The highest BCUT2D eigenvalue weighted by atomic mass is 16.5. The van der Waals surface area contributed by atoms with Crippen LogP contribution in [0.3, 0.4) is 0 Å². The van der Waals surface area contributed by atoms with Crippen molar-refractivity contribution in [1.29, 1.82) is 0 Å². The largest absolute Gasteiger partial charge is 0.493 e. The third-order valence-corrected chi connectivity index (χ3v) is 5.68. The van der Waals surface area contributed by atoms with Crippen LogP contribution in [0.25, 0.3) is 0 Å². The Morgan fingerprint density at radius 3 is 2.29 bits per heavy atom. The van der Waals surface area contributed by atoms with E-state index in [9.17, 15) is 14.4 Å². The monoisotopic (exact) mass is 480 g/mol. The number of carbonyl (C=O) groups is 3. The Labute approximate surface area is 205 Å². The summed E-state index contributed by atoms with van der Waals surface area (Å²) in [6.45, 7) is 0.750. The van der Waals surface area contributed by atoms with Gasteiger partial charge in [-0.15, -0.1) is 0 Å². The molecule has 1 aliphatic heterocycles. The summed E-state index contributed by atoms with van der Waals surface area (Å²) in [6.07, 6.45) is 6.59. The third kappa shape index (κ3) is 7.88. The van der Waals surface area contributed by atoms with E-state index in [-0.39, 0.29) is 24.3 Å². The van der Waals surface area contributed by atoms with Crippen LogP contribution in [0.4, 0.5) is 0 Å². The Morgan fingerprint density at radius 2 is 1.57 bits per heavy atom. The van der Waals surface area contributed by atoms with Gasteiger partial charge in [-0.1, -0.05) is 18.2 Å². The maximum absolute atomic E-state index is 12.1. The van der Waals surface area contributed by atoms with Crippen LogP contribution in [0.5, 0.6) is 17.2 Å². The van der Waals surface area contributed by atoms with E-state index >= 15 is 0 Å². The molecule has 3 amide bonds. The first-order valence-electron chi connectivity index (χ1n) is 11.7. The van der Waals surface area contributed by atoms with E-state index in [0.29, 0.717) is 31.7 Å². The smallest absolute Gasteiger partial charge is 0.257 e. The number of nitrogens with one attached hydrogen (secondary N) is 1. The van der Waals surface area contributed by atoms with Crippen molar-refractivity contribution in [2.75, 3.05) is 33.9 Å². The number of unbranched alkanes of at least 4 members (excludes halogenated alkanes) is 1.